The van der Waals surface area contributed by atoms with E-state index in [1.165, 1.54) is 5.39 Å². The first-order chi connectivity index (χ1) is 28.1. The van der Waals surface area contributed by atoms with Crippen molar-refractivity contribution in [2.75, 3.05) is 0 Å². The van der Waals surface area contributed by atoms with Crippen LogP contribution in [0.1, 0.15) is 5.56 Å². The summed E-state index contributed by atoms with van der Waals surface area (Å²) < 4.78 is 2.26. The highest BCUT2D eigenvalue weighted by molar-refractivity contribution is 7.25. The van der Waals surface area contributed by atoms with Gasteiger partial charge >= 0.3 is 0 Å². The maximum Gasteiger partial charge on any atom is 0.160 e. The molecule has 3 aromatic heterocycles. The standard InChI is InChI=1S/C51H31N5S/c52-32-33-21-23-42-43-24-22-38(29-49(43)57-48(42)25-33)39-26-40(46-30-44(34-13-5-1-6-14-34)53-50(55-46)36-17-9-3-10-18-36)28-41(27-39)47-31-45(35-15-7-2-8-16-35)54-51(56-47)37-19-11-4-12-20-37/h1-31H. The molecule has 0 radical (unpaired) electrons. The van der Waals surface area contributed by atoms with Crippen molar-refractivity contribution in [1.82, 2.24) is 19.9 Å². The summed E-state index contributed by atoms with van der Waals surface area (Å²) in [5.41, 5.74) is 11.8. The lowest BCUT2D eigenvalue weighted by molar-refractivity contribution is 1.18. The SMILES string of the molecule is N#Cc1ccc2c(c1)sc1cc(-c3cc(-c4cc(-c5ccccc5)nc(-c5ccccc5)n4)cc(-c4cc(-c5ccccc5)nc(-c5ccccc5)n4)c3)ccc12. The van der Waals surface area contributed by atoms with Crippen molar-refractivity contribution < 1.29 is 0 Å². The van der Waals surface area contributed by atoms with Gasteiger partial charge in [0.05, 0.1) is 34.4 Å². The highest BCUT2D eigenvalue weighted by Crippen LogP contribution is 2.40. The highest BCUT2D eigenvalue weighted by atomic mass is 32.1. The Morgan fingerprint density at radius 3 is 1.21 bits per heavy atom. The van der Waals surface area contributed by atoms with Crippen molar-refractivity contribution in [2.45, 2.75) is 0 Å². The van der Waals surface area contributed by atoms with Crippen LogP contribution in [0.2, 0.25) is 0 Å². The summed E-state index contributed by atoms with van der Waals surface area (Å²) in [5, 5.41) is 11.9. The van der Waals surface area contributed by atoms with E-state index in [0.29, 0.717) is 17.2 Å². The van der Waals surface area contributed by atoms with Crippen LogP contribution >= 0.6 is 11.3 Å². The molecule has 5 nitrogen and oxygen atoms in total. The van der Waals surface area contributed by atoms with Gasteiger partial charge in [-0.3, -0.25) is 0 Å². The summed E-state index contributed by atoms with van der Waals surface area (Å²) >= 11 is 1.71. The molecule has 57 heavy (non-hydrogen) atoms. The van der Waals surface area contributed by atoms with E-state index in [4.69, 9.17) is 19.9 Å². The second kappa shape index (κ2) is 14.6. The Balaban J connectivity index is 1.21. The number of rotatable bonds is 7. The van der Waals surface area contributed by atoms with Gasteiger partial charge in [-0.15, -0.1) is 11.3 Å². The molecule has 7 aromatic carbocycles. The predicted octanol–water partition coefficient (Wildman–Crippen LogP) is 13.2. The van der Waals surface area contributed by atoms with E-state index in [1.54, 1.807) is 11.3 Å². The number of aromatic nitrogens is 4. The minimum Gasteiger partial charge on any atom is -0.228 e. The van der Waals surface area contributed by atoms with Crippen LogP contribution in [0, 0.1) is 11.3 Å². The summed E-state index contributed by atoms with van der Waals surface area (Å²) in [5.74, 6) is 1.31. The molecular weight excluding hydrogens is 715 g/mol. The molecule has 0 saturated heterocycles. The maximum absolute atomic E-state index is 9.57. The molecule has 0 bridgehead atoms. The second-order valence-electron chi connectivity index (χ2n) is 13.8. The average molecular weight is 746 g/mol. The molecule has 10 aromatic rings. The lowest BCUT2D eigenvalue weighted by Crippen LogP contribution is -1.98. The van der Waals surface area contributed by atoms with Gasteiger partial charge in [0.1, 0.15) is 0 Å². The lowest BCUT2D eigenvalue weighted by atomic mass is 9.95. The molecule has 0 unspecified atom stereocenters. The van der Waals surface area contributed by atoms with Gasteiger partial charge in [0.25, 0.3) is 0 Å². The van der Waals surface area contributed by atoms with Gasteiger partial charge in [0.2, 0.25) is 0 Å². The Hall–Kier alpha value is -7.59. The first-order valence-corrected chi connectivity index (χ1v) is 19.5. The van der Waals surface area contributed by atoms with Crippen LogP contribution in [0.4, 0.5) is 0 Å². The highest BCUT2D eigenvalue weighted by Gasteiger charge is 2.17. The van der Waals surface area contributed by atoms with E-state index >= 15 is 0 Å². The normalized spacial score (nSPS) is 11.1. The minimum absolute atomic E-state index is 0.655. The summed E-state index contributed by atoms with van der Waals surface area (Å²) in [6.45, 7) is 0. The zero-order valence-electron chi connectivity index (χ0n) is 30.5. The number of benzene rings is 7. The average Bonchev–Trinajstić information content (AvgIpc) is 3.67. The maximum atomic E-state index is 9.57. The Morgan fingerprint density at radius 2 is 0.737 bits per heavy atom. The van der Waals surface area contributed by atoms with Gasteiger partial charge < -0.3 is 0 Å². The fourth-order valence-electron chi connectivity index (χ4n) is 7.25. The summed E-state index contributed by atoms with van der Waals surface area (Å²) in [7, 11) is 0. The van der Waals surface area contributed by atoms with Crippen LogP contribution in [-0.2, 0) is 0 Å². The van der Waals surface area contributed by atoms with Crippen LogP contribution in [0.15, 0.2) is 188 Å². The zero-order valence-corrected chi connectivity index (χ0v) is 31.4. The quantitative estimate of drug-likeness (QED) is 0.162. The van der Waals surface area contributed by atoms with Gasteiger partial charge in [-0.2, -0.15) is 5.26 Å². The monoisotopic (exact) mass is 745 g/mol. The van der Waals surface area contributed by atoms with Crippen LogP contribution in [0.25, 0.3) is 99.1 Å². The smallest absolute Gasteiger partial charge is 0.160 e. The second-order valence-corrected chi connectivity index (χ2v) is 14.9. The Morgan fingerprint density at radius 1 is 0.333 bits per heavy atom. The number of fused-ring (bicyclic) bond motifs is 3. The Labute approximate surface area is 333 Å². The summed E-state index contributed by atoms with van der Waals surface area (Å²) in [4.78, 5) is 20.6. The van der Waals surface area contributed by atoms with Gasteiger partial charge in [0.15, 0.2) is 11.6 Å². The fourth-order valence-corrected chi connectivity index (χ4v) is 8.44. The Kier molecular flexibility index (Phi) is 8.68. The summed E-state index contributed by atoms with van der Waals surface area (Å²) in [6, 6.07) is 66.4. The van der Waals surface area contributed by atoms with E-state index in [0.717, 1.165) is 82.1 Å². The number of thiophene rings is 1. The molecule has 10 rings (SSSR count). The number of nitrogens with zero attached hydrogens (tertiary/aromatic N) is 5. The van der Waals surface area contributed by atoms with Gasteiger partial charge in [-0.25, -0.2) is 19.9 Å². The molecule has 6 heteroatoms. The van der Waals surface area contributed by atoms with Crippen molar-refractivity contribution in [1.29, 1.82) is 5.26 Å². The summed E-state index contributed by atoms with van der Waals surface area (Å²) in [6.07, 6.45) is 0. The van der Waals surface area contributed by atoms with Crippen LogP contribution in [0.5, 0.6) is 0 Å². The topological polar surface area (TPSA) is 75.3 Å². The van der Waals surface area contributed by atoms with Crippen molar-refractivity contribution in [3.63, 3.8) is 0 Å². The molecular formula is C51H31N5S. The van der Waals surface area contributed by atoms with Crippen molar-refractivity contribution in [3.05, 3.63) is 194 Å². The molecule has 0 aliphatic rings. The molecule has 0 fully saturated rings. The number of nitriles is 1. The van der Waals surface area contributed by atoms with Gasteiger partial charge in [-0.05, 0) is 59.7 Å². The third kappa shape index (κ3) is 6.74. The third-order valence-corrected chi connectivity index (χ3v) is 11.2. The molecule has 0 aliphatic carbocycles. The Bertz CT molecular complexity index is 2860. The number of hydrogen-bond acceptors (Lipinski definition) is 6. The van der Waals surface area contributed by atoms with Crippen LogP contribution in [0.3, 0.4) is 0 Å². The molecule has 0 atom stereocenters. The third-order valence-electron chi connectivity index (χ3n) is 10.1. The van der Waals surface area contributed by atoms with E-state index in [-0.39, 0.29) is 0 Å². The van der Waals surface area contributed by atoms with Gasteiger partial charge in [-0.1, -0.05) is 140 Å². The first-order valence-electron chi connectivity index (χ1n) is 18.7. The fraction of sp³-hybridized carbons (Fsp3) is 0. The van der Waals surface area contributed by atoms with Crippen molar-refractivity contribution in [3.8, 4) is 85.0 Å². The number of hydrogen-bond donors (Lipinski definition) is 0. The van der Waals surface area contributed by atoms with Crippen molar-refractivity contribution >= 4 is 31.5 Å². The molecule has 0 aliphatic heterocycles. The largest absolute Gasteiger partial charge is 0.228 e. The van der Waals surface area contributed by atoms with Gasteiger partial charge in [0, 0.05) is 53.6 Å². The van der Waals surface area contributed by atoms with E-state index in [2.05, 4.69) is 84.9 Å². The van der Waals surface area contributed by atoms with E-state index in [1.807, 2.05) is 109 Å². The first kappa shape index (κ1) is 33.9. The predicted molar refractivity (Wildman–Crippen MR) is 233 cm³/mol. The van der Waals surface area contributed by atoms with Crippen LogP contribution in [-0.4, -0.2) is 19.9 Å². The minimum atomic E-state index is 0.655. The van der Waals surface area contributed by atoms with E-state index < -0.39 is 0 Å². The zero-order chi connectivity index (χ0) is 38.1. The molecule has 0 saturated carbocycles. The lowest BCUT2D eigenvalue weighted by Gasteiger charge is -2.14. The molecule has 0 amide bonds. The van der Waals surface area contributed by atoms with E-state index in [9.17, 15) is 5.26 Å². The molecule has 266 valence electrons. The molecule has 3 heterocycles. The van der Waals surface area contributed by atoms with Crippen molar-refractivity contribution in [2.24, 2.45) is 0 Å². The molecule has 0 spiro atoms. The van der Waals surface area contributed by atoms with Crippen LogP contribution < -0.4 is 0 Å². The molecule has 0 N–H and O–H groups in total.